The fourth-order valence-electron chi connectivity index (χ4n) is 10.8. The van der Waals surface area contributed by atoms with Crippen molar-refractivity contribution < 1.29 is 43.2 Å². The number of nitrogens with zero attached hydrogens (tertiary/aromatic N) is 7. The van der Waals surface area contributed by atoms with E-state index >= 15 is 0 Å². The summed E-state index contributed by atoms with van der Waals surface area (Å²) >= 11 is 0. The Labute approximate surface area is 427 Å². The smallest absolute Gasteiger partial charge is 0.407 e. The number of ether oxygens (including phenoxy) is 4. The van der Waals surface area contributed by atoms with Crippen molar-refractivity contribution in [2.75, 3.05) is 74.3 Å². The maximum absolute atomic E-state index is 13.7. The van der Waals surface area contributed by atoms with Crippen LogP contribution < -0.4 is 35.6 Å². The Bertz CT molecular complexity index is 2550. The molecule has 3 atom stereocenters. The van der Waals surface area contributed by atoms with Crippen LogP contribution >= 0.6 is 0 Å². The van der Waals surface area contributed by atoms with Gasteiger partial charge in [-0.25, -0.2) is 9.78 Å². The average molecular weight is 1000 g/mol. The van der Waals surface area contributed by atoms with Gasteiger partial charge >= 0.3 is 12.1 Å². The molecule has 5 aliphatic rings. The van der Waals surface area contributed by atoms with Crippen molar-refractivity contribution in [2.45, 2.75) is 127 Å². The molecule has 5 fully saturated rings. The van der Waals surface area contributed by atoms with Crippen molar-refractivity contribution in [3.05, 3.63) is 78.5 Å². The van der Waals surface area contributed by atoms with E-state index in [1.54, 1.807) is 6.92 Å². The number of benzene rings is 2. The number of esters is 1. The Kier molecular flexibility index (Phi) is 16.1. The van der Waals surface area contributed by atoms with Crippen LogP contribution in [-0.2, 0) is 30.5 Å². The summed E-state index contributed by atoms with van der Waals surface area (Å²) in [5, 5.41) is 24.1. The highest BCUT2D eigenvalue weighted by Gasteiger charge is 2.53. The SMILES string of the molecule is CCOC(=O)C1(C(=O)N[C@@H](CCCCN(C)C)C(=O)Nc2ccc(COc3ccccc3-c3cc(N4CC5CCC(C4)N5c4ccnc(O[C@H]5C[C@H](OC6CCN(C(=O)O)CC6)C5)c4)c(N)nn3)cc2)CCC1. The lowest BCUT2D eigenvalue weighted by Crippen LogP contribution is -2.56. The van der Waals surface area contributed by atoms with Crippen LogP contribution in [0.25, 0.3) is 11.3 Å². The first kappa shape index (κ1) is 51.2. The second-order valence-corrected chi connectivity index (χ2v) is 20.4. The second kappa shape index (κ2) is 23.0. The van der Waals surface area contributed by atoms with E-state index in [9.17, 15) is 24.3 Å². The first-order chi connectivity index (χ1) is 35.3. The Morgan fingerprint density at radius 1 is 0.904 bits per heavy atom. The minimum atomic E-state index is -1.24. The van der Waals surface area contributed by atoms with Gasteiger partial charge in [0.1, 0.15) is 29.9 Å². The molecule has 19 heteroatoms. The Morgan fingerprint density at radius 2 is 1.64 bits per heavy atom. The predicted molar refractivity (Wildman–Crippen MR) is 275 cm³/mol. The molecule has 4 aromatic rings. The summed E-state index contributed by atoms with van der Waals surface area (Å²) in [5.74, 6) is 0.286. The summed E-state index contributed by atoms with van der Waals surface area (Å²) in [4.78, 5) is 64.3. The number of likely N-dealkylation sites (tertiary alicyclic amines) is 1. The van der Waals surface area contributed by atoms with Crippen molar-refractivity contribution in [3.8, 4) is 22.9 Å². The number of carboxylic acid groups (broad SMARTS) is 1. The van der Waals surface area contributed by atoms with Gasteiger partial charge in [0.05, 0.1) is 30.2 Å². The number of anilines is 4. The zero-order chi connectivity index (χ0) is 51.1. The van der Waals surface area contributed by atoms with Crippen molar-refractivity contribution in [2.24, 2.45) is 5.41 Å². The molecule has 19 nitrogen and oxygen atoms in total. The van der Waals surface area contributed by atoms with E-state index in [1.165, 1.54) is 4.90 Å². The monoisotopic (exact) mass is 1000 g/mol. The number of nitrogen functional groups attached to an aromatic ring is 1. The molecule has 2 bridgehead atoms. The van der Waals surface area contributed by atoms with E-state index in [0.29, 0.717) is 61.2 Å². The molecule has 390 valence electrons. The fraction of sp³-hybridized carbons (Fsp3) is 0.537. The molecule has 2 aliphatic carbocycles. The van der Waals surface area contributed by atoms with Crippen LogP contribution in [-0.4, -0.2) is 144 Å². The van der Waals surface area contributed by atoms with Crippen molar-refractivity contribution in [1.82, 2.24) is 30.3 Å². The maximum atomic E-state index is 13.7. The van der Waals surface area contributed by atoms with Crippen LogP contribution in [0.1, 0.15) is 89.5 Å². The minimum absolute atomic E-state index is 0.0305. The number of nitrogens with two attached hydrogens (primary N) is 1. The number of aromatic nitrogens is 3. The highest BCUT2D eigenvalue weighted by Crippen LogP contribution is 2.43. The Morgan fingerprint density at radius 3 is 2.33 bits per heavy atom. The van der Waals surface area contributed by atoms with Crippen LogP contribution in [0.4, 0.5) is 27.7 Å². The number of piperidine rings is 1. The highest BCUT2D eigenvalue weighted by molar-refractivity contribution is 6.06. The van der Waals surface area contributed by atoms with Crippen LogP contribution in [0.5, 0.6) is 11.6 Å². The largest absolute Gasteiger partial charge is 0.488 e. The third kappa shape index (κ3) is 12.0. The van der Waals surface area contributed by atoms with Gasteiger partial charge in [-0.1, -0.05) is 30.7 Å². The molecule has 2 unspecified atom stereocenters. The average Bonchev–Trinajstić information content (AvgIpc) is 3.62. The number of unbranched alkanes of at least 4 members (excludes halogenated alkanes) is 1. The molecule has 73 heavy (non-hydrogen) atoms. The van der Waals surface area contributed by atoms with Gasteiger partial charge in [0.25, 0.3) is 0 Å². The van der Waals surface area contributed by atoms with Crippen LogP contribution in [0.2, 0.25) is 0 Å². The lowest BCUT2D eigenvalue weighted by atomic mass is 9.68. The third-order valence-electron chi connectivity index (χ3n) is 15.1. The number of carbonyl (C=O) groups excluding carboxylic acids is 3. The number of fused-ring (bicyclic) bond motifs is 2. The summed E-state index contributed by atoms with van der Waals surface area (Å²) in [6.45, 7) is 5.55. The number of carbonyl (C=O) groups is 4. The van der Waals surface area contributed by atoms with Crippen molar-refractivity contribution in [1.29, 1.82) is 0 Å². The molecule has 9 rings (SSSR count). The first-order valence-corrected chi connectivity index (χ1v) is 26.0. The second-order valence-electron chi connectivity index (χ2n) is 20.4. The summed E-state index contributed by atoms with van der Waals surface area (Å²) < 4.78 is 24.3. The molecule has 0 radical (unpaired) electrons. The third-order valence-corrected chi connectivity index (χ3v) is 15.1. The van der Waals surface area contributed by atoms with Crippen LogP contribution in [0.15, 0.2) is 72.9 Å². The van der Waals surface area contributed by atoms with Gasteiger partial charge in [0, 0.05) is 80.3 Å². The van der Waals surface area contributed by atoms with Gasteiger partial charge < -0.3 is 60.0 Å². The van der Waals surface area contributed by atoms with Crippen LogP contribution in [0.3, 0.4) is 0 Å². The molecule has 2 saturated carbocycles. The van der Waals surface area contributed by atoms with E-state index in [1.807, 2.05) is 74.9 Å². The number of para-hydroxylation sites is 1. The molecular weight excluding hydrogens is 933 g/mol. The summed E-state index contributed by atoms with van der Waals surface area (Å²) in [7, 11) is 3.99. The number of amides is 3. The molecule has 2 aromatic carbocycles. The quantitative estimate of drug-likeness (QED) is 0.0396. The van der Waals surface area contributed by atoms with E-state index in [4.69, 9.17) is 24.7 Å². The van der Waals surface area contributed by atoms with E-state index in [-0.39, 0.29) is 49.5 Å². The number of rotatable bonds is 21. The van der Waals surface area contributed by atoms with E-state index in [0.717, 1.165) is 99.9 Å². The Hall–Kier alpha value is -6.73. The lowest BCUT2D eigenvalue weighted by molar-refractivity contribution is -0.167. The first-order valence-electron chi connectivity index (χ1n) is 26.0. The Balaban J connectivity index is 0.787. The number of hydrogen-bond donors (Lipinski definition) is 4. The van der Waals surface area contributed by atoms with Crippen LogP contribution in [0, 0.1) is 5.41 Å². The van der Waals surface area contributed by atoms with Gasteiger partial charge in [0.15, 0.2) is 5.82 Å². The number of hydrogen-bond acceptors (Lipinski definition) is 15. The summed E-state index contributed by atoms with van der Waals surface area (Å²) in [6, 6.07) is 20.9. The predicted octanol–water partition coefficient (Wildman–Crippen LogP) is 6.51. The zero-order valence-corrected chi connectivity index (χ0v) is 42.2. The molecule has 3 amide bonds. The zero-order valence-electron chi connectivity index (χ0n) is 42.2. The van der Waals surface area contributed by atoms with Gasteiger partial charge in [-0.3, -0.25) is 14.4 Å². The van der Waals surface area contributed by atoms with Gasteiger partial charge in [-0.15, -0.1) is 10.2 Å². The molecular formula is C54H70N10O9. The topological polar surface area (TPSA) is 227 Å². The van der Waals surface area contributed by atoms with Gasteiger partial charge in [-0.2, -0.15) is 0 Å². The summed E-state index contributed by atoms with van der Waals surface area (Å²) in [5.41, 5.74) is 10.1. The highest BCUT2D eigenvalue weighted by atomic mass is 16.5. The van der Waals surface area contributed by atoms with Crippen molar-refractivity contribution >= 4 is 46.8 Å². The van der Waals surface area contributed by atoms with E-state index < -0.39 is 29.4 Å². The lowest BCUT2D eigenvalue weighted by Gasteiger charge is -2.43. The van der Waals surface area contributed by atoms with Gasteiger partial charge in [0.2, 0.25) is 17.7 Å². The standard InChI is InChI=1S/C54H70N10O9/c1-4-70-52(67)54(22-9-23-54)51(66)58-44(11-7-8-25-61(2)3)50(65)57-36-15-13-35(14-16-36)34-71-47-12-6-5-10-43(47)45-31-46(49(55)60-59-45)63-32-38-17-18-39(33-63)64(38)37-19-24-56-48(28-37)73-42-29-41(30-42)72-40-20-26-62(27-21-40)53(68)69/h5-6,10,12-16,19,24,28,31,38-42,44H,4,7-9,11,17-18,20-23,25-27,29-30,32-34H2,1-3H3,(H2,55,60)(H,57,65)(H,58,66)(H,68,69)/t38?,39?,41-,42-,44-/m0/s1. The van der Waals surface area contributed by atoms with Crippen molar-refractivity contribution in [3.63, 3.8) is 0 Å². The fourth-order valence-corrected chi connectivity index (χ4v) is 10.8. The maximum Gasteiger partial charge on any atom is 0.407 e. The molecule has 0 spiro atoms. The molecule has 2 aromatic heterocycles. The molecule has 5 N–H and O–H groups in total. The number of pyridine rings is 1. The minimum Gasteiger partial charge on any atom is -0.488 e. The van der Waals surface area contributed by atoms with E-state index in [2.05, 4.69) is 52.6 Å². The number of nitrogens with one attached hydrogen (secondary N) is 2. The molecule has 5 heterocycles. The molecule has 3 aliphatic heterocycles. The summed E-state index contributed by atoms with van der Waals surface area (Å²) in [6.07, 6.45) is 9.86. The molecule has 3 saturated heterocycles. The van der Waals surface area contributed by atoms with Gasteiger partial charge in [-0.05, 0) is 127 Å². The normalized spacial score (nSPS) is 21.7. The number of piperazine rings is 1.